The fourth-order valence-electron chi connectivity index (χ4n) is 2.63. The van der Waals surface area contributed by atoms with Gasteiger partial charge in [0.05, 0.1) is 19.2 Å². The molecule has 1 aliphatic rings. The van der Waals surface area contributed by atoms with Crippen molar-refractivity contribution in [3.05, 3.63) is 29.2 Å². The van der Waals surface area contributed by atoms with Gasteiger partial charge in [0.2, 0.25) is 5.90 Å². The molecule has 0 saturated heterocycles. The van der Waals surface area contributed by atoms with Crippen molar-refractivity contribution in [2.24, 2.45) is 12.0 Å². The number of fused-ring (bicyclic) bond motifs is 1. The van der Waals surface area contributed by atoms with E-state index in [4.69, 9.17) is 9.47 Å². The molecule has 0 spiro atoms. The Morgan fingerprint density at radius 3 is 2.84 bits per heavy atom. The molecule has 1 aromatic heterocycles. The largest absolute Gasteiger partial charge is 0.494 e. The van der Waals surface area contributed by atoms with Crippen molar-refractivity contribution >= 4 is 16.8 Å². The van der Waals surface area contributed by atoms with Crippen molar-refractivity contribution < 1.29 is 13.9 Å². The van der Waals surface area contributed by atoms with E-state index in [0.29, 0.717) is 24.8 Å². The summed E-state index contributed by atoms with van der Waals surface area (Å²) < 4.78 is 26.4. The third kappa shape index (κ3) is 1.69. The number of aromatic nitrogens is 1. The molecule has 0 amide bonds. The van der Waals surface area contributed by atoms with E-state index in [0.717, 1.165) is 22.2 Å². The first-order chi connectivity index (χ1) is 9.13. The molecular formula is C14H15FN2O2. The Kier molecular flexibility index (Phi) is 2.69. The third-order valence-corrected chi connectivity index (χ3v) is 3.48. The monoisotopic (exact) mass is 262 g/mol. The molecule has 2 aromatic rings. The van der Waals surface area contributed by atoms with E-state index >= 15 is 0 Å². The first-order valence-electron chi connectivity index (χ1n) is 6.13. The highest BCUT2D eigenvalue weighted by molar-refractivity contribution is 6.03. The van der Waals surface area contributed by atoms with Crippen LogP contribution in [0.4, 0.5) is 4.39 Å². The van der Waals surface area contributed by atoms with Gasteiger partial charge in [-0.2, -0.15) is 0 Å². The van der Waals surface area contributed by atoms with Crippen molar-refractivity contribution in [1.29, 1.82) is 0 Å². The summed E-state index contributed by atoms with van der Waals surface area (Å²) in [6, 6.07) is 2.91. The predicted octanol–water partition coefficient (Wildman–Crippen LogP) is 2.41. The summed E-state index contributed by atoms with van der Waals surface area (Å²) in [7, 11) is 3.45. The Morgan fingerprint density at radius 2 is 2.21 bits per heavy atom. The molecule has 0 unspecified atom stereocenters. The summed E-state index contributed by atoms with van der Waals surface area (Å²) in [5.74, 6) is 0.836. The zero-order valence-corrected chi connectivity index (χ0v) is 11.2. The average molecular weight is 262 g/mol. The maximum Gasteiger partial charge on any atom is 0.233 e. The van der Waals surface area contributed by atoms with Gasteiger partial charge in [-0.3, -0.25) is 0 Å². The molecule has 0 aliphatic carbocycles. The van der Waals surface area contributed by atoms with E-state index in [1.165, 1.54) is 12.1 Å². The summed E-state index contributed by atoms with van der Waals surface area (Å²) in [6.45, 7) is 3.21. The van der Waals surface area contributed by atoms with Crippen molar-refractivity contribution in [2.45, 2.75) is 6.92 Å². The van der Waals surface area contributed by atoms with Crippen molar-refractivity contribution in [3.63, 3.8) is 0 Å². The molecule has 0 fully saturated rings. The molecule has 2 heterocycles. The van der Waals surface area contributed by atoms with Crippen LogP contribution in [0.15, 0.2) is 17.1 Å². The van der Waals surface area contributed by atoms with Gasteiger partial charge in [0.1, 0.15) is 23.9 Å². The topological polar surface area (TPSA) is 35.8 Å². The fourth-order valence-corrected chi connectivity index (χ4v) is 2.63. The summed E-state index contributed by atoms with van der Waals surface area (Å²) in [5.41, 5.74) is 2.70. The smallest absolute Gasteiger partial charge is 0.233 e. The Balaban J connectivity index is 2.36. The molecule has 4 nitrogen and oxygen atoms in total. The lowest BCUT2D eigenvalue weighted by molar-refractivity contribution is 0.346. The molecule has 5 heteroatoms. The Morgan fingerprint density at radius 1 is 1.42 bits per heavy atom. The van der Waals surface area contributed by atoms with E-state index in [1.807, 2.05) is 18.5 Å². The summed E-state index contributed by atoms with van der Waals surface area (Å²) in [5, 5.41) is 0.826. The quantitative estimate of drug-likeness (QED) is 0.833. The van der Waals surface area contributed by atoms with Crippen LogP contribution in [0.1, 0.15) is 11.3 Å². The number of halogens is 1. The first kappa shape index (κ1) is 12.0. The van der Waals surface area contributed by atoms with Gasteiger partial charge in [-0.05, 0) is 18.6 Å². The van der Waals surface area contributed by atoms with E-state index in [1.54, 1.807) is 7.11 Å². The Labute approximate surface area is 110 Å². The molecule has 19 heavy (non-hydrogen) atoms. The van der Waals surface area contributed by atoms with Crippen molar-refractivity contribution in [3.8, 4) is 5.75 Å². The normalized spacial score (nSPS) is 14.6. The van der Waals surface area contributed by atoms with E-state index in [-0.39, 0.29) is 5.82 Å². The minimum Gasteiger partial charge on any atom is -0.494 e. The lowest BCUT2D eigenvalue weighted by Gasteiger charge is -2.07. The maximum atomic E-state index is 13.6. The van der Waals surface area contributed by atoms with E-state index in [2.05, 4.69) is 4.99 Å². The molecule has 3 rings (SSSR count). The van der Waals surface area contributed by atoms with Gasteiger partial charge in [-0.25, -0.2) is 9.38 Å². The number of hydrogen-bond donors (Lipinski definition) is 0. The maximum absolute atomic E-state index is 13.6. The number of rotatable bonds is 2. The van der Waals surface area contributed by atoms with Crippen LogP contribution in [-0.4, -0.2) is 30.7 Å². The van der Waals surface area contributed by atoms with Crippen LogP contribution >= 0.6 is 0 Å². The summed E-state index contributed by atoms with van der Waals surface area (Å²) >= 11 is 0. The molecule has 0 radical (unpaired) electrons. The standard InChI is InChI=1S/C14H15FN2O2/c1-8-10-6-9(15)7-11(18-3)13(10)17(2)12(8)14-16-4-5-19-14/h6-7H,4-5H2,1-3H3. The van der Waals surface area contributed by atoms with Gasteiger partial charge >= 0.3 is 0 Å². The van der Waals surface area contributed by atoms with E-state index in [9.17, 15) is 4.39 Å². The average Bonchev–Trinajstić information content (AvgIpc) is 2.97. The Hall–Kier alpha value is -2.04. The first-order valence-corrected chi connectivity index (χ1v) is 6.13. The van der Waals surface area contributed by atoms with Crippen molar-refractivity contribution in [2.75, 3.05) is 20.3 Å². The molecule has 0 bridgehead atoms. The Bertz CT molecular complexity index is 689. The lowest BCUT2D eigenvalue weighted by Crippen LogP contribution is -2.08. The molecule has 1 aliphatic heterocycles. The lowest BCUT2D eigenvalue weighted by atomic mass is 10.1. The minimum absolute atomic E-state index is 0.307. The zero-order valence-electron chi connectivity index (χ0n) is 11.2. The van der Waals surface area contributed by atoms with E-state index < -0.39 is 0 Å². The van der Waals surface area contributed by atoms with Crippen LogP contribution in [0, 0.1) is 12.7 Å². The highest BCUT2D eigenvalue weighted by atomic mass is 19.1. The highest BCUT2D eigenvalue weighted by Crippen LogP contribution is 2.33. The zero-order chi connectivity index (χ0) is 13.6. The number of benzene rings is 1. The minimum atomic E-state index is -0.307. The van der Waals surface area contributed by atoms with Crippen LogP contribution in [0.25, 0.3) is 10.9 Å². The number of ether oxygens (including phenoxy) is 2. The fraction of sp³-hybridized carbons (Fsp3) is 0.357. The molecule has 1 aromatic carbocycles. The number of nitrogens with zero attached hydrogens (tertiary/aromatic N) is 2. The molecule has 100 valence electrons. The van der Waals surface area contributed by atoms with Gasteiger partial charge in [0.15, 0.2) is 0 Å². The van der Waals surface area contributed by atoms with Gasteiger partial charge in [-0.15, -0.1) is 0 Å². The third-order valence-electron chi connectivity index (χ3n) is 3.48. The summed E-state index contributed by atoms with van der Waals surface area (Å²) in [4.78, 5) is 4.34. The summed E-state index contributed by atoms with van der Waals surface area (Å²) in [6.07, 6.45) is 0. The highest BCUT2D eigenvalue weighted by Gasteiger charge is 2.22. The molecule has 0 atom stereocenters. The van der Waals surface area contributed by atoms with Gasteiger partial charge < -0.3 is 14.0 Å². The van der Waals surface area contributed by atoms with Gasteiger partial charge in [0.25, 0.3) is 0 Å². The van der Waals surface area contributed by atoms with Crippen molar-refractivity contribution in [1.82, 2.24) is 4.57 Å². The van der Waals surface area contributed by atoms with Gasteiger partial charge in [-0.1, -0.05) is 0 Å². The molecule has 0 N–H and O–H groups in total. The predicted molar refractivity (Wildman–Crippen MR) is 71.5 cm³/mol. The van der Waals surface area contributed by atoms with Crippen LogP contribution in [0.5, 0.6) is 5.75 Å². The second-order valence-corrected chi connectivity index (χ2v) is 4.57. The van der Waals surface area contributed by atoms with Crippen LogP contribution in [-0.2, 0) is 11.8 Å². The second-order valence-electron chi connectivity index (χ2n) is 4.57. The van der Waals surface area contributed by atoms with Crippen LogP contribution in [0.2, 0.25) is 0 Å². The number of hydrogen-bond acceptors (Lipinski definition) is 3. The number of aliphatic imine (C=N–C) groups is 1. The van der Waals surface area contributed by atoms with Crippen LogP contribution < -0.4 is 4.74 Å². The number of methoxy groups -OCH3 is 1. The number of aryl methyl sites for hydroxylation is 2. The SMILES string of the molecule is COc1cc(F)cc2c(C)c(C3=NCCO3)n(C)c12. The van der Waals surface area contributed by atoms with Crippen LogP contribution in [0.3, 0.4) is 0 Å². The molecule has 0 saturated carbocycles. The second kappa shape index (κ2) is 4.26. The van der Waals surface area contributed by atoms with Gasteiger partial charge in [0, 0.05) is 18.5 Å². The molecular weight excluding hydrogens is 247 g/mol.